The molecule has 10 atom stereocenters. The lowest BCUT2D eigenvalue weighted by atomic mass is 9.80. The van der Waals surface area contributed by atoms with Crippen molar-refractivity contribution in [1.82, 2.24) is 48.8 Å². The second-order valence-electron chi connectivity index (χ2n) is 26.9. The van der Waals surface area contributed by atoms with Crippen molar-refractivity contribution < 1.29 is 38.0 Å². The normalized spacial score (nSPS) is 27.8. The lowest BCUT2D eigenvalue weighted by Gasteiger charge is -2.32. The minimum Gasteiger partial charge on any atom is -0.444 e. The van der Waals surface area contributed by atoms with Crippen molar-refractivity contribution in [2.24, 2.45) is 10.8 Å². The molecule has 6 aliphatic rings. The second kappa shape index (κ2) is 23.4. The number of likely N-dealkylation sites (tertiary alicyclic amines) is 2. The van der Waals surface area contributed by atoms with Crippen LogP contribution in [0.2, 0.25) is 20.6 Å². The second-order valence-corrected chi connectivity index (χ2v) is 31.2. The zero-order chi connectivity index (χ0) is 62.9. The van der Waals surface area contributed by atoms with E-state index >= 15 is 0 Å². The molecular weight excluding hydrogens is 1450 g/mol. The summed E-state index contributed by atoms with van der Waals surface area (Å²) >= 11 is 34.0. The molecule has 25 heteroatoms. The number of fused-ring (bicyclic) bond motifs is 8. The number of ether oxygens (including phenoxy) is 6. The topological polar surface area (TPSA) is 183 Å². The third kappa shape index (κ3) is 12.3. The zero-order valence-electron chi connectivity index (χ0n) is 50.3. The third-order valence-corrected chi connectivity index (χ3v) is 20.9. The Labute approximate surface area is 560 Å². The summed E-state index contributed by atoms with van der Waals surface area (Å²) < 4.78 is 44.8. The van der Waals surface area contributed by atoms with Crippen LogP contribution in [-0.4, -0.2) is 127 Å². The molecule has 6 fully saturated rings. The van der Waals surface area contributed by atoms with Gasteiger partial charge in [0.25, 0.3) is 0 Å². The van der Waals surface area contributed by atoms with Crippen LogP contribution in [0.4, 0.5) is 9.59 Å². The molecule has 2 amide bonds. The number of aromatic nitrogens is 8. The summed E-state index contributed by atoms with van der Waals surface area (Å²) in [6.45, 7) is 22.2. The van der Waals surface area contributed by atoms with E-state index in [9.17, 15) is 9.59 Å². The van der Waals surface area contributed by atoms with Gasteiger partial charge in [-0.3, -0.25) is 0 Å². The van der Waals surface area contributed by atoms with Gasteiger partial charge in [0, 0.05) is 56.7 Å². The van der Waals surface area contributed by atoms with Crippen LogP contribution in [0.25, 0.3) is 43.9 Å². The van der Waals surface area contributed by atoms with E-state index in [1.165, 1.54) is 12.7 Å². The van der Waals surface area contributed by atoms with E-state index in [1.807, 2.05) is 146 Å². The summed E-state index contributed by atoms with van der Waals surface area (Å²) in [4.78, 5) is 56.7. The van der Waals surface area contributed by atoms with Gasteiger partial charge in [-0.25, -0.2) is 39.5 Å². The van der Waals surface area contributed by atoms with Crippen LogP contribution in [0.5, 0.6) is 0 Å². The van der Waals surface area contributed by atoms with Gasteiger partial charge in [0.1, 0.15) is 68.0 Å². The van der Waals surface area contributed by atoms with Crippen LogP contribution >= 0.6 is 101 Å². The maximum Gasteiger partial charge on any atom is 0.410 e. The summed E-state index contributed by atoms with van der Waals surface area (Å²) in [5, 5.41) is 5.39. The molecule has 88 heavy (non-hydrogen) atoms. The first-order valence-corrected chi connectivity index (χ1v) is 33.3. The van der Waals surface area contributed by atoms with Crippen LogP contribution in [0.15, 0.2) is 94.7 Å². The van der Waals surface area contributed by atoms with Gasteiger partial charge in [-0.05, 0) is 204 Å². The molecule has 2 spiro atoms. The van der Waals surface area contributed by atoms with Crippen molar-refractivity contribution in [3.63, 3.8) is 0 Å². The van der Waals surface area contributed by atoms with Crippen LogP contribution in [0, 0.1) is 14.4 Å². The average Bonchev–Trinajstić information content (AvgIpc) is 1.57. The highest BCUT2D eigenvalue weighted by Gasteiger charge is 2.67. The van der Waals surface area contributed by atoms with Gasteiger partial charge >= 0.3 is 12.2 Å². The maximum atomic E-state index is 13.8. The minimum absolute atomic E-state index is 0.0102. The molecule has 466 valence electrons. The summed E-state index contributed by atoms with van der Waals surface area (Å²) in [7, 11) is 0. The standard InChI is InChI=1S/C31H32BrCl2N5O4.C23H31ClN4O4.C9H4BrClIN/c1-29(2,3)43-28(40)39-14-31(12-21(39)17-7-6-16-10-19(32)26(34)37-20(16)11-17)13-22(23-24(31)42-30(4,5)41-23)38-9-8-18-25(33)35-15-36-27(18)38;1-13-9-23(11-28(13)20(29)32-21(2,3)4)10-15(16-17(23)31-22(5,6)30-16)27-8-7-14-18(24)25-12-26-19(14)27;10-7-3-5-1-2-6(12)4-8(5)13-9(7)11/h6-11,15,21-24H,12-14H2,1-5H3;7-8,12-13,15-17H,9-11H2,1-6H3;1-4H/t21?,22-,23+,24+,31+;13?,15-,16+,17+,23+;/m11./s1. The molecule has 18 nitrogen and oxygen atoms in total. The monoisotopic (exact) mass is 1520 g/mol. The Balaban J connectivity index is 0.000000146. The molecule has 4 saturated heterocycles. The van der Waals surface area contributed by atoms with E-state index in [-0.39, 0.29) is 66.2 Å². The van der Waals surface area contributed by atoms with E-state index in [2.05, 4.69) is 106 Å². The Kier molecular flexibility index (Phi) is 17.0. The molecule has 0 bridgehead atoms. The molecule has 2 saturated carbocycles. The first kappa shape index (κ1) is 63.9. The number of amides is 2. The van der Waals surface area contributed by atoms with E-state index in [4.69, 9.17) is 74.8 Å². The highest BCUT2D eigenvalue weighted by molar-refractivity contribution is 14.1. The fraction of sp³-hybridized carbons (Fsp3) is 0.492. The van der Waals surface area contributed by atoms with Gasteiger partial charge in [0.2, 0.25) is 0 Å². The number of carbonyl (C=O) groups excluding carboxylic acids is 2. The summed E-state index contributed by atoms with van der Waals surface area (Å²) in [5.74, 6) is -1.48. The van der Waals surface area contributed by atoms with Crippen molar-refractivity contribution in [3.05, 3.63) is 124 Å². The van der Waals surface area contributed by atoms with Crippen LogP contribution < -0.4 is 0 Å². The molecule has 10 heterocycles. The average molecular weight is 1520 g/mol. The zero-order valence-corrected chi connectivity index (χ0v) is 58.7. The van der Waals surface area contributed by atoms with Crippen molar-refractivity contribution >= 4 is 157 Å². The highest BCUT2D eigenvalue weighted by Crippen LogP contribution is 2.62. The van der Waals surface area contributed by atoms with Gasteiger partial charge in [-0.1, -0.05) is 64.6 Å². The van der Waals surface area contributed by atoms with Crippen molar-refractivity contribution in [2.45, 2.75) is 173 Å². The van der Waals surface area contributed by atoms with Crippen LogP contribution in [-0.2, 0) is 28.4 Å². The minimum atomic E-state index is -0.789. The van der Waals surface area contributed by atoms with E-state index in [1.54, 1.807) is 0 Å². The summed E-state index contributed by atoms with van der Waals surface area (Å²) in [6, 6.07) is 19.7. The molecule has 6 aromatic heterocycles. The Morgan fingerprint density at radius 3 is 1.55 bits per heavy atom. The molecule has 2 aromatic carbocycles. The Bertz CT molecular complexity index is 4070. The number of hydrogen-bond acceptors (Lipinski definition) is 14. The number of benzene rings is 2. The van der Waals surface area contributed by atoms with Crippen molar-refractivity contribution in [1.29, 1.82) is 0 Å². The van der Waals surface area contributed by atoms with E-state index in [0.29, 0.717) is 46.5 Å². The van der Waals surface area contributed by atoms with E-state index < -0.39 is 28.2 Å². The van der Waals surface area contributed by atoms with Crippen molar-refractivity contribution in [3.8, 4) is 0 Å². The predicted molar refractivity (Wildman–Crippen MR) is 354 cm³/mol. The largest absolute Gasteiger partial charge is 0.444 e. The fourth-order valence-electron chi connectivity index (χ4n) is 14.1. The first-order valence-electron chi connectivity index (χ1n) is 29.1. The molecular formula is C63H67Br2Cl4IN10O8. The van der Waals surface area contributed by atoms with E-state index in [0.717, 1.165) is 74.8 Å². The van der Waals surface area contributed by atoms with Gasteiger partial charge in [0.05, 0.1) is 61.1 Å². The number of rotatable bonds is 3. The summed E-state index contributed by atoms with van der Waals surface area (Å²) in [6.07, 6.45) is 8.55. The number of hydrogen-bond donors (Lipinski definition) is 0. The fourth-order valence-corrected chi connectivity index (χ4v) is 15.9. The number of pyridine rings is 2. The number of nitrogens with zero attached hydrogens (tertiary/aromatic N) is 10. The highest BCUT2D eigenvalue weighted by atomic mass is 127. The molecule has 0 radical (unpaired) electrons. The first-order chi connectivity index (χ1) is 41.3. The van der Waals surface area contributed by atoms with Crippen molar-refractivity contribution in [2.75, 3.05) is 13.1 Å². The van der Waals surface area contributed by atoms with Gasteiger partial charge in [-0.2, -0.15) is 0 Å². The number of carbonyl (C=O) groups is 2. The van der Waals surface area contributed by atoms with Crippen LogP contribution in [0.1, 0.15) is 126 Å². The molecule has 14 rings (SSSR count). The smallest absolute Gasteiger partial charge is 0.410 e. The molecule has 0 N–H and O–H groups in total. The van der Waals surface area contributed by atoms with Gasteiger partial charge < -0.3 is 47.4 Å². The third-order valence-electron chi connectivity index (χ3n) is 17.4. The van der Waals surface area contributed by atoms with Crippen LogP contribution in [0.3, 0.4) is 0 Å². The quantitative estimate of drug-likeness (QED) is 0.0925. The molecule has 2 unspecified atom stereocenters. The Hall–Kier alpha value is -4.27. The SMILES string of the molecule is CC(C)(C)OC(=O)N1C[C@]2(CC1c1ccc3cc(Br)c(Cl)nc3c1)C[C@@H](n1ccc3c(Cl)ncnc31)[C@@H]1OC(C)(C)O[C@@H]12.CC1C[C@]2(C[C@@H](n3ccc4c(Cl)ncnc43)[C@@H]3OC(C)(C)O[C@@H]32)CN1C(=O)OC(C)(C)C.Clc1nc2cc(I)ccc2cc1Br. The molecule has 2 aliphatic carbocycles. The molecule has 8 aromatic rings. The lowest BCUT2D eigenvalue weighted by molar-refractivity contribution is -0.168. The van der Waals surface area contributed by atoms with Gasteiger partial charge in [-0.15, -0.1) is 0 Å². The Morgan fingerprint density at radius 2 is 1.05 bits per heavy atom. The predicted octanol–water partition coefficient (Wildman–Crippen LogP) is 16.7. The molecule has 4 aliphatic heterocycles. The summed E-state index contributed by atoms with van der Waals surface area (Å²) in [5.41, 5.74) is 2.35. The number of halogens is 7. The maximum absolute atomic E-state index is 13.8. The lowest BCUT2D eigenvalue weighted by Crippen LogP contribution is -2.42. The van der Waals surface area contributed by atoms with Gasteiger partial charge in [0.15, 0.2) is 11.6 Å². The Morgan fingerprint density at radius 1 is 0.591 bits per heavy atom.